The van der Waals surface area contributed by atoms with Crippen LogP contribution < -0.4 is 4.74 Å². The summed E-state index contributed by atoms with van der Waals surface area (Å²) in [5.74, 6) is 0.176. The Labute approximate surface area is 144 Å². The molecule has 0 N–H and O–H groups in total. The third kappa shape index (κ3) is 3.57. The minimum atomic E-state index is -0.383. The van der Waals surface area contributed by atoms with Gasteiger partial charge >= 0.3 is 6.09 Å². The molecule has 0 aliphatic carbocycles. The number of halogens is 2. The fraction of sp³-hybridized carbons (Fsp3) is 0.312. The lowest BCUT2D eigenvalue weighted by atomic mass is 10.1. The first-order chi connectivity index (χ1) is 11.0. The molecule has 0 unspecified atom stereocenters. The molecule has 5 nitrogen and oxygen atoms in total. The van der Waals surface area contributed by atoms with E-state index in [-0.39, 0.29) is 12.0 Å². The Morgan fingerprint density at radius 2 is 1.78 bits per heavy atom. The topological polar surface area (TPSA) is 55.3 Å². The average Bonchev–Trinajstić information content (AvgIpc) is 3.07. The summed E-state index contributed by atoms with van der Waals surface area (Å²) in [7, 11) is 0. The van der Waals surface area contributed by atoms with E-state index in [2.05, 4.69) is 10.2 Å². The van der Waals surface area contributed by atoms with E-state index in [1.165, 1.54) is 0 Å². The van der Waals surface area contributed by atoms with Crippen molar-refractivity contribution in [2.45, 2.75) is 19.8 Å². The molecule has 0 atom stereocenters. The van der Waals surface area contributed by atoms with Crippen molar-refractivity contribution >= 4 is 29.3 Å². The third-order valence-electron chi connectivity index (χ3n) is 3.77. The Morgan fingerprint density at radius 1 is 1.13 bits per heavy atom. The van der Waals surface area contributed by atoms with Gasteiger partial charge in [0.1, 0.15) is 0 Å². The van der Waals surface area contributed by atoms with Gasteiger partial charge in [-0.1, -0.05) is 23.2 Å². The van der Waals surface area contributed by atoms with Crippen molar-refractivity contribution in [2.75, 3.05) is 13.1 Å². The zero-order valence-electron chi connectivity index (χ0n) is 12.6. The summed E-state index contributed by atoms with van der Waals surface area (Å²) in [5, 5.41) is 9.16. The highest BCUT2D eigenvalue weighted by molar-refractivity contribution is 6.36. The van der Waals surface area contributed by atoms with Gasteiger partial charge in [0.2, 0.25) is 5.88 Å². The molecule has 2 aromatic rings. The van der Waals surface area contributed by atoms with Gasteiger partial charge < -0.3 is 9.64 Å². The van der Waals surface area contributed by atoms with Crippen LogP contribution in [0.4, 0.5) is 4.79 Å². The lowest BCUT2D eigenvalue weighted by molar-refractivity contribution is 0.160. The summed E-state index contributed by atoms with van der Waals surface area (Å²) >= 11 is 12.3. The van der Waals surface area contributed by atoms with E-state index in [0.29, 0.717) is 15.7 Å². The van der Waals surface area contributed by atoms with Crippen LogP contribution in [0, 0.1) is 6.92 Å². The molecule has 0 saturated carbocycles. The minimum absolute atomic E-state index is 0.176. The normalized spacial score (nSPS) is 14.1. The van der Waals surface area contributed by atoms with Gasteiger partial charge in [-0.05, 0) is 43.5 Å². The summed E-state index contributed by atoms with van der Waals surface area (Å²) in [6.07, 6.45) is 1.63. The number of rotatable bonds is 2. The van der Waals surface area contributed by atoms with E-state index in [1.54, 1.807) is 29.2 Å². The van der Waals surface area contributed by atoms with Crippen LogP contribution in [0.1, 0.15) is 18.4 Å². The standard InChI is InChI=1S/C16H15Cl2N3O2/c1-10-12(17)8-11(9-13(10)18)14-4-5-15(20-19-14)23-16(22)21-6-2-3-7-21/h4-5,8-9H,2-3,6-7H2,1H3. The van der Waals surface area contributed by atoms with Crippen LogP contribution >= 0.6 is 23.2 Å². The van der Waals surface area contributed by atoms with Gasteiger partial charge in [0, 0.05) is 34.8 Å². The highest BCUT2D eigenvalue weighted by Crippen LogP contribution is 2.30. The summed E-state index contributed by atoms with van der Waals surface area (Å²) in [5.41, 5.74) is 2.19. The van der Waals surface area contributed by atoms with Crippen LogP contribution in [0.5, 0.6) is 5.88 Å². The van der Waals surface area contributed by atoms with Gasteiger partial charge in [0.05, 0.1) is 5.69 Å². The number of benzene rings is 1. The Kier molecular flexibility index (Phi) is 4.68. The molecule has 1 aromatic carbocycles. The van der Waals surface area contributed by atoms with Crippen molar-refractivity contribution < 1.29 is 9.53 Å². The Hall–Kier alpha value is -1.85. The van der Waals surface area contributed by atoms with Crippen LogP contribution in [-0.4, -0.2) is 34.3 Å². The van der Waals surface area contributed by atoms with Crippen LogP contribution in [0.15, 0.2) is 24.3 Å². The summed E-state index contributed by atoms with van der Waals surface area (Å²) < 4.78 is 5.22. The van der Waals surface area contributed by atoms with Crippen LogP contribution in [0.3, 0.4) is 0 Å². The predicted octanol–water partition coefficient (Wildman–Crippen LogP) is 4.35. The summed E-state index contributed by atoms with van der Waals surface area (Å²) in [4.78, 5) is 13.6. The van der Waals surface area contributed by atoms with Gasteiger partial charge in [-0.25, -0.2) is 4.79 Å². The largest absolute Gasteiger partial charge is 0.416 e. The predicted molar refractivity (Wildman–Crippen MR) is 89.1 cm³/mol. The maximum absolute atomic E-state index is 11.9. The highest BCUT2D eigenvalue weighted by Gasteiger charge is 2.20. The number of amides is 1. The summed E-state index contributed by atoms with van der Waals surface area (Å²) in [6.45, 7) is 3.30. The fourth-order valence-corrected chi connectivity index (χ4v) is 2.86. The maximum Gasteiger partial charge on any atom is 0.416 e. The number of carbonyl (C=O) groups excluding carboxylic acids is 1. The van der Waals surface area contributed by atoms with E-state index in [9.17, 15) is 4.79 Å². The SMILES string of the molecule is Cc1c(Cl)cc(-c2ccc(OC(=O)N3CCCC3)nn2)cc1Cl. The zero-order valence-corrected chi connectivity index (χ0v) is 14.1. The van der Waals surface area contributed by atoms with Crippen molar-refractivity contribution in [1.82, 2.24) is 15.1 Å². The first kappa shape index (κ1) is 16.0. The van der Waals surface area contributed by atoms with E-state index in [1.807, 2.05) is 6.92 Å². The monoisotopic (exact) mass is 351 g/mol. The lowest BCUT2D eigenvalue weighted by Gasteiger charge is -2.14. The van der Waals surface area contributed by atoms with E-state index in [4.69, 9.17) is 27.9 Å². The molecule has 0 radical (unpaired) electrons. The molecule has 1 aromatic heterocycles. The molecular formula is C16H15Cl2N3O2. The molecule has 1 amide bonds. The number of nitrogens with zero attached hydrogens (tertiary/aromatic N) is 3. The van der Waals surface area contributed by atoms with Crippen molar-refractivity contribution in [1.29, 1.82) is 0 Å². The van der Waals surface area contributed by atoms with Crippen molar-refractivity contribution in [2.24, 2.45) is 0 Å². The molecule has 1 aliphatic rings. The highest BCUT2D eigenvalue weighted by atomic mass is 35.5. The maximum atomic E-state index is 11.9. The second kappa shape index (κ2) is 6.72. The van der Waals surface area contributed by atoms with Crippen molar-refractivity contribution in [3.8, 4) is 17.1 Å². The van der Waals surface area contributed by atoms with E-state index < -0.39 is 0 Å². The first-order valence-electron chi connectivity index (χ1n) is 7.31. The fourth-order valence-electron chi connectivity index (χ4n) is 2.38. The number of ether oxygens (including phenoxy) is 1. The lowest BCUT2D eigenvalue weighted by Crippen LogP contribution is -2.30. The molecule has 1 aliphatic heterocycles. The van der Waals surface area contributed by atoms with Crippen LogP contribution in [0.2, 0.25) is 10.0 Å². The molecule has 2 heterocycles. The Bertz CT molecular complexity index is 706. The number of hydrogen-bond donors (Lipinski definition) is 0. The van der Waals surface area contributed by atoms with Crippen molar-refractivity contribution in [3.63, 3.8) is 0 Å². The Morgan fingerprint density at radius 3 is 2.35 bits per heavy atom. The second-order valence-corrected chi connectivity index (χ2v) is 6.20. The van der Waals surface area contributed by atoms with Crippen LogP contribution in [0.25, 0.3) is 11.3 Å². The molecule has 1 fully saturated rings. The van der Waals surface area contributed by atoms with Crippen molar-refractivity contribution in [3.05, 3.63) is 39.9 Å². The van der Waals surface area contributed by atoms with E-state index in [0.717, 1.165) is 37.1 Å². The molecule has 7 heteroatoms. The van der Waals surface area contributed by atoms with Gasteiger partial charge in [-0.2, -0.15) is 0 Å². The number of carbonyl (C=O) groups is 1. The first-order valence-corrected chi connectivity index (χ1v) is 8.06. The van der Waals surface area contributed by atoms with E-state index >= 15 is 0 Å². The van der Waals surface area contributed by atoms with Gasteiger partial charge in [0.25, 0.3) is 0 Å². The van der Waals surface area contributed by atoms with Gasteiger partial charge in [0.15, 0.2) is 0 Å². The Balaban J connectivity index is 1.75. The number of likely N-dealkylation sites (tertiary alicyclic amines) is 1. The quantitative estimate of drug-likeness (QED) is 0.806. The average molecular weight is 352 g/mol. The molecular weight excluding hydrogens is 337 g/mol. The van der Waals surface area contributed by atoms with Gasteiger partial charge in [-0.15, -0.1) is 10.2 Å². The molecule has 120 valence electrons. The molecule has 3 rings (SSSR count). The number of hydrogen-bond acceptors (Lipinski definition) is 4. The second-order valence-electron chi connectivity index (χ2n) is 5.38. The minimum Gasteiger partial charge on any atom is -0.389 e. The van der Waals surface area contributed by atoms with Crippen LogP contribution in [-0.2, 0) is 0 Å². The molecule has 23 heavy (non-hydrogen) atoms. The smallest absolute Gasteiger partial charge is 0.389 e. The summed E-state index contributed by atoms with van der Waals surface area (Å²) in [6, 6.07) is 6.89. The molecule has 0 spiro atoms. The number of aromatic nitrogens is 2. The third-order valence-corrected chi connectivity index (χ3v) is 4.56. The zero-order chi connectivity index (χ0) is 16.4. The van der Waals surface area contributed by atoms with Gasteiger partial charge in [-0.3, -0.25) is 0 Å². The molecule has 0 bridgehead atoms. The molecule has 1 saturated heterocycles.